The zero-order chi connectivity index (χ0) is 11.9. The minimum Gasteiger partial charge on any atom is -0.352 e. The van der Waals surface area contributed by atoms with Crippen molar-refractivity contribution in [2.45, 2.75) is 12.8 Å². The highest BCUT2D eigenvalue weighted by Gasteiger charge is 2.03. The molecule has 0 saturated heterocycles. The molecule has 2 N–H and O–H groups in total. The van der Waals surface area contributed by atoms with E-state index in [4.69, 9.17) is 0 Å². The summed E-state index contributed by atoms with van der Waals surface area (Å²) >= 11 is 0. The zero-order valence-corrected chi connectivity index (χ0v) is 9.26. The number of amides is 1. The molecule has 0 saturated carbocycles. The molecular weight excluding hydrogens is 218 g/mol. The molecule has 1 amide bonds. The van der Waals surface area contributed by atoms with Gasteiger partial charge in [-0.25, -0.2) is 4.98 Å². The number of carbonyl (C=O) groups excluding carboxylic acids is 1. The number of hydrogen-bond acceptors (Lipinski definition) is 4. The van der Waals surface area contributed by atoms with E-state index >= 15 is 0 Å². The SMILES string of the molecule is O=C(NCCCc1ncn[nH]1)c1ccncc1. The van der Waals surface area contributed by atoms with Gasteiger partial charge < -0.3 is 5.32 Å². The number of rotatable bonds is 5. The molecule has 0 atom stereocenters. The Morgan fingerprint density at radius 3 is 2.88 bits per heavy atom. The number of H-pyrrole nitrogens is 1. The Labute approximate surface area is 98.5 Å². The molecule has 2 heterocycles. The Morgan fingerprint density at radius 2 is 2.18 bits per heavy atom. The highest BCUT2D eigenvalue weighted by Crippen LogP contribution is 1.96. The molecule has 6 heteroatoms. The Hall–Kier alpha value is -2.24. The summed E-state index contributed by atoms with van der Waals surface area (Å²) in [4.78, 5) is 19.5. The van der Waals surface area contributed by atoms with Crippen molar-refractivity contribution >= 4 is 5.91 Å². The van der Waals surface area contributed by atoms with Gasteiger partial charge in [-0.05, 0) is 18.6 Å². The van der Waals surface area contributed by atoms with Crippen LogP contribution in [0.2, 0.25) is 0 Å². The first-order chi connectivity index (χ1) is 8.36. The molecule has 2 aromatic heterocycles. The van der Waals surface area contributed by atoms with E-state index < -0.39 is 0 Å². The van der Waals surface area contributed by atoms with Crippen molar-refractivity contribution in [1.82, 2.24) is 25.5 Å². The average molecular weight is 231 g/mol. The van der Waals surface area contributed by atoms with E-state index in [1.165, 1.54) is 6.33 Å². The van der Waals surface area contributed by atoms with Crippen LogP contribution < -0.4 is 5.32 Å². The highest BCUT2D eigenvalue weighted by atomic mass is 16.1. The molecule has 0 bridgehead atoms. The third-order valence-corrected chi connectivity index (χ3v) is 2.28. The first-order valence-corrected chi connectivity index (χ1v) is 5.39. The van der Waals surface area contributed by atoms with Crippen LogP contribution in [0.5, 0.6) is 0 Å². The van der Waals surface area contributed by atoms with Crippen LogP contribution in [0.3, 0.4) is 0 Å². The summed E-state index contributed by atoms with van der Waals surface area (Å²) in [5.74, 6) is 0.758. The molecule has 2 rings (SSSR count). The lowest BCUT2D eigenvalue weighted by atomic mass is 10.2. The van der Waals surface area contributed by atoms with Crippen molar-refractivity contribution in [3.63, 3.8) is 0 Å². The van der Waals surface area contributed by atoms with Crippen LogP contribution in [0.15, 0.2) is 30.9 Å². The summed E-state index contributed by atoms with van der Waals surface area (Å²) in [6.45, 7) is 0.613. The molecule has 0 unspecified atom stereocenters. The molecule has 6 nitrogen and oxygen atoms in total. The molecule has 0 aliphatic carbocycles. The lowest BCUT2D eigenvalue weighted by Crippen LogP contribution is -2.24. The van der Waals surface area contributed by atoms with Crippen LogP contribution in [0.25, 0.3) is 0 Å². The van der Waals surface area contributed by atoms with Gasteiger partial charge in [0.2, 0.25) is 0 Å². The topological polar surface area (TPSA) is 83.6 Å². The molecule has 0 spiro atoms. The maximum absolute atomic E-state index is 11.6. The Kier molecular flexibility index (Phi) is 3.80. The molecule has 2 aromatic rings. The Bertz CT molecular complexity index is 454. The van der Waals surface area contributed by atoms with Crippen molar-refractivity contribution in [3.8, 4) is 0 Å². The lowest BCUT2D eigenvalue weighted by Gasteiger charge is -2.03. The van der Waals surface area contributed by atoms with E-state index in [0.29, 0.717) is 12.1 Å². The number of aromatic amines is 1. The largest absolute Gasteiger partial charge is 0.352 e. The van der Waals surface area contributed by atoms with E-state index in [2.05, 4.69) is 25.5 Å². The van der Waals surface area contributed by atoms with Gasteiger partial charge in [-0.2, -0.15) is 5.10 Å². The van der Waals surface area contributed by atoms with Gasteiger partial charge in [0.05, 0.1) is 0 Å². The van der Waals surface area contributed by atoms with Crippen molar-refractivity contribution in [1.29, 1.82) is 0 Å². The molecule has 17 heavy (non-hydrogen) atoms. The van der Waals surface area contributed by atoms with Crippen molar-refractivity contribution in [2.75, 3.05) is 6.54 Å². The van der Waals surface area contributed by atoms with Crippen molar-refractivity contribution in [3.05, 3.63) is 42.2 Å². The van der Waals surface area contributed by atoms with Crippen molar-refractivity contribution in [2.24, 2.45) is 0 Å². The number of aryl methyl sites for hydroxylation is 1. The van der Waals surface area contributed by atoms with Crippen LogP contribution in [-0.2, 0) is 6.42 Å². The fourth-order valence-electron chi connectivity index (χ4n) is 1.41. The molecule has 0 aliphatic heterocycles. The molecule has 0 radical (unpaired) electrons. The Balaban J connectivity index is 1.70. The minimum atomic E-state index is -0.0787. The number of nitrogens with one attached hydrogen (secondary N) is 2. The van der Waals surface area contributed by atoms with Gasteiger partial charge in [-0.15, -0.1) is 0 Å². The normalized spacial score (nSPS) is 10.1. The predicted octanol–water partition coefficient (Wildman–Crippen LogP) is 0.562. The van der Waals surface area contributed by atoms with Gasteiger partial charge in [-0.1, -0.05) is 0 Å². The van der Waals surface area contributed by atoms with Gasteiger partial charge >= 0.3 is 0 Å². The fraction of sp³-hybridized carbons (Fsp3) is 0.273. The number of nitrogens with zero attached hydrogens (tertiary/aromatic N) is 3. The van der Waals surface area contributed by atoms with Gasteiger partial charge in [0.25, 0.3) is 5.91 Å². The summed E-state index contributed by atoms with van der Waals surface area (Å²) in [6.07, 6.45) is 6.28. The van der Waals surface area contributed by atoms with Gasteiger partial charge in [0.15, 0.2) is 0 Å². The van der Waals surface area contributed by atoms with Crippen LogP contribution in [0.4, 0.5) is 0 Å². The maximum atomic E-state index is 11.6. The third-order valence-electron chi connectivity index (χ3n) is 2.28. The number of pyridine rings is 1. The predicted molar refractivity (Wildman–Crippen MR) is 61.3 cm³/mol. The first-order valence-electron chi connectivity index (χ1n) is 5.39. The van der Waals surface area contributed by atoms with Crippen LogP contribution in [0.1, 0.15) is 22.6 Å². The zero-order valence-electron chi connectivity index (χ0n) is 9.26. The van der Waals surface area contributed by atoms with E-state index in [0.717, 1.165) is 18.7 Å². The third kappa shape index (κ3) is 3.37. The summed E-state index contributed by atoms with van der Waals surface area (Å²) in [7, 11) is 0. The molecule has 88 valence electrons. The van der Waals surface area contributed by atoms with Crippen LogP contribution in [-0.4, -0.2) is 32.6 Å². The number of hydrogen-bond donors (Lipinski definition) is 2. The van der Waals surface area contributed by atoms with Crippen LogP contribution in [0, 0.1) is 0 Å². The first kappa shape index (κ1) is 11.3. The smallest absolute Gasteiger partial charge is 0.251 e. The van der Waals surface area contributed by atoms with E-state index in [1.807, 2.05) is 0 Å². The van der Waals surface area contributed by atoms with Gasteiger partial charge in [-0.3, -0.25) is 14.9 Å². The summed E-state index contributed by atoms with van der Waals surface area (Å²) < 4.78 is 0. The molecule has 0 aliphatic rings. The quantitative estimate of drug-likeness (QED) is 0.736. The highest BCUT2D eigenvalue weighted by molar-refractivity contribution is 5.93. The monoisotopic (exact) mass is 231 g/mol. The van der Waals surface area contributed by atoms with Crippen LogP contribution >= 0.6 is 0 Å². The van der Waals surface area contributed by atoms with Gasteiger partial charge in [0, 0.05) is 30.9 Å². The minimum absolute atomic E-state index is 0.0787. The number of aromatic nitrogens is 4. The molecular formula is C11H13N5O. The molecule has 0 aromatic carbocycles. The summed E-state index contributed by atoms with van der Waals surface area (Å²) in [5, 5.41) is 9.36. The Morgan fingerprint density at radius 1 is 1.35 bits per heavy atom. The van der Waals surface area contributed by atoms with E-state index in [9.17, 15) is 4.79 Å². The summed E-state index contributed by atoms with van der Waals surface area (Å²) in [6, 6.07) is 3.37. The second-order valence-electron chi connectivity index (χ2n) is 3.53. The van der Waals surface area contributed by atoms with Gasteiger partial charge in [0.1, 0.15) is 12.2 Å². The summed E-state index contributed by atoms with van der Waals surface area (Å²) in [5.41, 5.74) is 0.625. The second-order valence-corrected chi connectivity index (χ2v) is 3.53. The fourth-order valence-corrected chi connectivity index (χ4v) is 1.41. The van der Waals surface area contributed by atoms with Crippen molar-refractivity contribution < 1.29 is 4.79 Å². The molecule has 0 fully saturated rings. The lowest BCUT2D eigenvalue weighted by molar-refractivity contribution is 0.0953. The number of carbonyl (C=O) groups is 1. The standard InChI is InChI=1S/C11H13N5O/c17-11(9-3-6-12-7-4-9)13-5-1-2-10-14-8-15-16-10/h3-4,6-8H,1-2,5H2,(H,13,17)(H,14,15,16). The van der Waals surface area contributed by atoms with E-state index in [-0.39, 0.29) is 5.91 Å². The average Bonchev–Trinajstić information content (AvgIpc) is 2.88. The second kappa shape index (κ2) is 5.74. The maximum Gasteiger partial charge on any atom is 0.251 e. The van der Waals surface area contributed by atoms with E-state index in [1.54, 1.807) is 24.5 Å².